The summed E-state index contributed by atoms with van der Waals surface area (Å²) >= 11 is 0. The smallest absolute Gasteiger partial charge is 0.222 e. The summed E-state index contributed by atoms with van der Waals surface area (Å²) in [5.41, 5.74) is 1.87. The van der Waals surface area contributed by atoms with E-state index in [0.717, 1.165) is 30.5 Å². The van der Waals surface area contributed by atoms with Crippen LogP contribution in [0.15, 0.2) is 18.2 Å². The number of amides is 1. The van der Waals surface area contributed by atoms with Crippen LogP contribution in [0.2, 0.25) is 0 Å². The lowest BCUT2D eigenvalue weighted by Gasteiger charge is -2.27. The average molecular weight is 219 g/mol. The summed E-state index contributed by atoms with van der Waals surface area (Å²) in [6.45, 7) is 3.28. The van der Waals surface area contributed by atoms with E-state index in [-0.39, 0.29) is 5.91 Å². The van der Waals surface area contributed by atoms with Crippen molar-refractivity contribution in [1.29, 1.82) is 0 Å². The maximum atomic E-state index is 11.6. The van der Waals surface area contributed by atoms with E-state index >= 15 is 0 Å². The Morgan fingerprint density at radius 3 is 2.88 bits per heavy atom. The molecular weight excluding hydrogens is 202 g/mol. The summed E-state index contributed by atoms with van der Waals surface area (Å²) in [5, 5.41) is 9.77. The van der Waals surface area contributed by atoms with Gasteiger partial charge in [-0.3, -0.25) is 4.79 Å². The fourth-order valence-electron chi connectivity index (χ4n) is 2.04. The number of nitrogens with zero attached hydrogens (tertiary/aromatic N) is 1. The van der Waals surface area contributed by atoms with E-state index in [0.29, 0.717) is 18.7 Å². The van der Waals surface area contributed by atoms with E-state index in [1.54, 1.807) is 6.07 Å². The summed E-state index contributed by atoms with van der Waals surface area (Å²) in [6.07, 6.45) is 2.71. The van der Waals surface area contributed by atoms with Gasteiger partial charge in [0.25, 0.3) is 0 Å². The van der Waals surface area contributed by atoms with Crippen molar-refractivity contribution in [2.24, 2.45) is 0 Å². The third-order valence-electron chi connectivity index (χ3n) is 3.02. The minimum atomic E-state index is 0.200. The van der Waals surface area contributed by atoms with Crippen molar-refractivity contribution < 1.29 is 9.90 Å². The molecule has 1 aromatic rings. The van der Waals surface area contributed by atoms with Crippen LogP contribution in [-0.2, 0) is 11.3 Å². The standard InChI is InChI=1S/C13H17NO2/c1-10-5-6-11(12(15)8-10)9-14-7-3-2-4-13(14)16/h5-6,8,15H,2-4,7,9H2,1H3. The molecular formula is C13H17NO2. The number of carbonyl (C=O) groups is 1. The van der Waals surface area contributed by atoms with Gasteiger partial charge in [-0.15, -0.1) is 0 Å². The van der Waals surface area contributed by atoms with Crippen LogP contribution in [0.1, 0.15) is 30.4 Å². The van der Waals surface area contributed by atoms with Crippen LogP contribution in [0.5, 0.6) is 5.75 Å². The minimum Gasteiger partial charge on any atom is -0.508 e. The van der Waals surface area contributed by atoms with Crippen LogP contribution >= 0.6 is 0 Å². The summed E-state index contributed by atoms with van der Waals surface area (Å²) in [6, 6.07) is 5.60. The molecule has 1 aliphatic heterocycles. The Kier molecular flexibility index (Phi) is 3.13. The molecule has 1 amide bonds. The number of hydrogen-bond acceptors (Lipinski definition) is 2. The van der Waals surface area contributed by atoms with Gasteiger partial charge in [-0.05, 0) is 31.4 Å². The first-order valence-electron chi connectivity index (χ1n) is 5.73. The fraction of sp³-hybridized carbons (Fsp3) is 0.462. The first-order chi connectivity index (χ1) is 7.66. The monoisotopic (exact) mass is 219 g/mol. The Bertz CT molecular complexity index is 401. The zero-order valence-corrected chi connectivity index (χ0v) is 9.57. The highest BCUT2D eigenvalue weighted by molar-refractivity contribution is 5.76. The van der Waals surface area contributed by atoms with Gasteiger partial charge in [-0.25, -0.2) is 0 Å². The van der Waals surface area contributed by atoms with Crippen molar-refractivity contribution in [2.75, 3.05) is 6.54 Å². The van der Waals surface area contributed by atoms with Crippen LogP contribution < -0.4 is 0 Å². The number of phenols is 1. The maximum Gasteiger partial charge on any atom is 0.222 e. The molecule has 3 nitrogen and oxygen atoms in total. The van der Waals surface area contributed by atoms with Crippen molar-refractivity contribution in [3.63, 3.8) is 0 Å². The van der Waals surface area contributed by atoms with E-state index in [4.69, 9.17) is 0 Å². The largest absolute Gasteiger partial charge is 0.508 e. The number of aromatic hydroxyl groups is 1. The lowest BCUT2D eigenvalue weighted by Crippen LogP contribution is -2.34. The molecule has 0 aliphatic carbocycles. The van der Waals surface area contributed by atoms with Crippen LogP contribution in [0.3, 0.4) is 0 Å². The molecule has 1 saturated heterocycles. The molecule has 0 unspecified atom stereocenters. The Balaban J connectivity index is 2.10. The number of phenolic OH excluding ortho intramolecular Hbond substituents is 1. The summed E-state index contributed by atoms with van der Waals surface area (Å²) in [7, 11) is 0. The molecule has 0 saturated carbocycles. The highest BCUT2D eigenvalue weighted by atomic mass is 16.3. The van der Waals surface area contributed by atoms with Gasteiger partial charge in [0, 0.05) is 25.1 Å². The van der Waals surface area contributed by atoms with E-state index in [2.05, 4.69) is 0 Å². The van der Waals surface area contributed by atoms with Gasteiger partial charge in [0.15, 0.2) is 0 Å². The zero-order valence-electron chi connectivity index (χ0n) is 9.57. The predicted molar refractivity (Wildman–Crippen MR) is 62.1 cm³/mol. The van der Waals surface area contributed by atoms with Crippen molar-refractivity contribution in [3.8, 4) is 5.75 Å². The van der Waals surface area contributed by atoms with Crippen LogP contribution in [-0.4, -0.2) is 22.5 Å². The highest BCUT2D eigenvalue weighted by Crippen LogP contribution is 2.22. The third kappa shape index (κ3) is 2.35. The first kappa shape index (κ1) is 11.0. The van der Waals surface area contributed by atoms with Crippen LogP contribution in [0, 0.1) is 6.92 Å². The molecule has 1 N–H and O–H groups in total. The molecule has 0 radical (unpaired) electrons. The Labute approximate surface area is 95.7 Å². The lowest BCUT2D eigenvalue weighted by atomic mass is 10.1. The van der Waals surface area contributed by atoms with Gasteiger partial charge in [0.2, 0.25) is 5.91 Å². The summed E-state index contributed by atoms with van der Waals surface area (Å²) < 4.78 is 0. The molecule has 2 rings (SSSR count). The Morgan fingerprint density at radius 2 is 2.19 bits per heavy atom. The topological polar surface area (TPSA) is 40.5 Å². The van der Waals surface area contributed by atoms with Gasteiger partial charge >= 0.3 is 0 Å². The van der Waals surface area contributed by atoms with Gasteiger partial charge in [0.1, 0.15) is 5.75 Å². The van der Waals surface area contributed by atoms with Gasteiger partial charge < -0.3 is 10.0 Å². The van der Waals surface area contributed by atoms with Crippen molar-refractivity contribution >= 4 is 5.91 Å². The molecule has 86 valence electrons. The average Bonchev–Trinajstić information content (AvgIpc) is 2.25. The molecule has 0 spiro atoms. The van der Waals surface area contributed by atoms with E-state index in [9.17, 15) is 9.90 Å². The van der Waals surface area contributed by atoms with E-state index < -0.39 is 0 Å². The van der Waals surface area contributed by atoms with E-state index in [1.807, 2.05) is 24.0 Å². The fourth-order valence-corrected chi connectivity index (χ4v) is 2.04. The maximum absolute atomic E-state index is 11.6. The second kappa shape index (κ2) is 4.56. The van der Waals surface area contributed by atoms with Gasteiger partial charge in [-0.2, -0.15) is 0 Å². The van der Waals surface area contributed by atoms with Gasteiger partial charge in [0.05, 0.1) is 0 Å². The minimum absolute atomic E-state index is 0.200. The molecule has 0 bridgehead atoms. The summed E-state index contributed by atoms with van der Waals surface area (Å²) in [4.78, 5) is 13.4. The number of carbonyl (C=O) groups excluding carboxylic acids is 1. The molecule has 1 aromatic carbocycles. The SMILES string of the molecule is Cc1ccc(CN2CCCCC2=O)c(O)c1. The van der Waals surface area contributed by atoms with Crippen LogP contribution in [0.25, 0.3) is 0 Å². The number of rotatable bonds is 2. The van der Waals surface area contributed by atoms with E-state index in [1.165, 1.54) is 0 Å². The summed E-state index contributed by atoms with van der Waals surface area (Å²) in [5.74, 6) is 0.490. The van der Waals surface area contributed by atoms with Crippen molar-refractivity contribution in [2.45, 2.75) is 32.7 Å². The first-order valence-corrected chi connectivity index (χ1v) is 5.73. The third-order valence-corrected chi connectivity index (χ3v) is 3.02. The number of likely N-dealkylation sites (tertiary alicyclic amines) is 1. The molecule has 16 heavy (non-hydrogen) atoms. The zero-order chi connectivity index (χ0) is 11.5. The number of benzene rings is 1. The number of aryl methyl sites for hydroxylation is 1. The Morgan fingerprint density at radius 1 is 1.38 bits per heavy atom. The molecule has 0 aromatic heterocycles. The van der Waals surface area contributed by atoms with Crippen molar-refractivity contribution in [1.82, 2.24) is 4.90 Å². The molecule has 3 heteroatoms. The highest BCUT2D eigenvalue weighted by Gasteiger charge is 2.18. The molecule has 0 atom stereocenters. The molecule has 1 heterocycles. The van der Waals surface area contributed by atoms with Crippen LogP contribution in [0.4, 0.5) is 0 Å². The predicted octanol–water partition coefficient (Wildman–Crippen LogP) is 2.21. The molecule has 1 aliphatic rings. The second-order valence-electron chi connectivity index (χ2n) is 4.40. The molecule has 1 fully saturated rings. The number of hydrogen-bond donors (Lipinski definition) is 1. The number of piperidine rings is 1. The quantitative estimate of drug-likeness (QED) is 0.828. The second-order valence-corrected chi connectivity index (χ2v) is 4.40. The van der Waals surface area contributed by atoms with Crippen molar-refractivity contribution in [3.05, 3.63) is 29.3 Å². The Hall–Kier alpha value is -1.51. The van der Waals surface area contributed by atoms with Gasteiger partial charge in [-0.1, -0.05) is 12.1 Å². The normalized spacial score (nSPS) is 16.6. The lowest BCUT2D eigenvalue weighted by molar-refractivity contribution is -0.133.